The summed E-state index contributed by atoms with van der Waals surface area (Å²) >= 11 is 0. The molecule has 1 amide bonds. The summed E-state index contributed by atoms with van der Waals surface area (Å²) in [5, 5.41) is 2.93. The smallest absolute Gasteiger partial charge is 0.234 e. The molecule has 0 aliphatic rings. The predicted molar refractivity (Wildman–Crippen MR) is 94.2 cm³/mol. The highest BCUT2D eigenvalue weighted by Gasteiger charge is 2.07. The van der Waals surface area contributed by atoms with Crippen LogP contribution in [-0.4, -0.2) is 38.6 Å². The largest absolute Gasteiger partial charge is 0.497 e. The molecule has 2 rings (SSSR count). The highest BCUT2D eigenvalue weighted by atomic mass is 16.5. The van der Waals surface area contributed by atoms with Crippen LogP contribution in [0.25, 0.3) is 0 Å². The van der Waals surface area contributed by atoms with E-state index in [0.29, 0.717) is 19.6 Å². The summed E-state index contributed by atoms with van der Waals surface area (Å²) in [4.78, 5) is 14.0. The average Bonchev–Trinajstić information content (AvgIpc) is 2.60. The van der Waals surface area contributed by atoms with Gasteiger partial charge in [0.2, 0.25) is 5.91 Å². The molecular weight excluding hydrogens is 304 g/mol. The standard InChI is InChI=1S/C19H24N2O3/c1-21(13-15-7-9-17(23-2)10-8-15)14-19(22)20-12-16-5-4-6-18(11-16)24-3/h4-11H,12-14H2,1-3H3,(H,20,22). The average molecular weight is 328 g/mol. The van der Waals surface area contributed by atoms with Crippen LogP contribution in [0.3, 0.4) is 0 Å². The number of hydrogen-bond acceptors (Lipinski definition) is 4. The van der Waals surface area contributed by atoms with Crippen molar-refractivity contribution >= 4 is 5.91 Å². The molecule has 5 nitrogen and oxygen atoms in total. The molecule has 0 aromatic heterocycles. The third kappa shape index (κ3) is 5.59. The van der Waals surface area contributed by atoms with Gasteiger partial charge in [0.25, 0.3) is 0 Å². The van der Waals surface area contributed by atoms with Gasteiger partial charge in [-0.1, -0.05) is 24.3 Å². The Bertz CT molecular complexity index is 656. The van der Waals surface area contributed by atoms with Crippen LogP contribution >= 0.6 is 0 Å². The van der Waals surface area contributed by atoms with Crippen LogP contribution < -0.4 is 14.8 Å². The van der Waals surface area contributed by atoms with Crippen molar-refractivity contribution in [3.63, 3.8) is 0 Å². The zero-order valence-corrected chi connectivity index (χ0v) is 14.4. The van der Waals surface area contributed by atoms with E-state index in [4.69, 9.17) is 9.47 Å². The number of rotatable bonds is 8. The van der Waals surface area contributed by atoms with Gasteiger partial charge in [0.15, 0.2) is 0 Å². The highest BCUT2D eigenvalue weighted by molar-refractivity contribution is 5.77. The number of amides is 1. The van der Waals surface area contributed by atoms with Gasteiger partial charge in [0.1, 0.15) is 11.5 Å². The molecule has 1 N–H and O–H groups in total. The summed E-state index contributed by atoms with van der Waals surface area (Å²) in [5.74, 6) is 1.62. The van der Waals surface area contributed by atoms with Crippen molar-refractivity contribution in [2.45, 2.75) is 13.1 Å². The predicted octanol–water partition coefficient (Wildman–Crippen LogP) is 2.45. The third-order valence-electron chi connectivity index (χ3n) is 3.65. The van der Waals surface area contributed by atoms with E-state index in [1.807, 2.05) is 60.5 Å². The molecule has 5 heteroatoms. The third-order valence-corrected chi connectivity index (χ3v) is 3.65. The fraction of sp³-hybridized carbons (Fsp3) is 0.316. The van der Waals surface area contributed by atoms with Crippen LogP contribution in [0.15, 0.2) is 48.5 Å². The van der Waals surface area contributed by atoms with Gasteiger partial charge in [0, 0.05) is 13.1 Å². The van der Waals surface area contributed by atoms with Crippen molar-refractivity contribution < 1.29 is 14.3 Å². The van der Waals surface area contributed by atoms with Crippen molar-refractivity contribution in [1.29, 1.82) is 0 Å². The van der Waals surface area contributed by atoms with E-state index in [1.54, 1.807) is 14.2 Å². The molecule has 24 heavy (non-hydrogen) atoms. The number of nitrogens with one attached hydrogen (secondary N) is 1. The summed E-state index contributed by atoms with van der Waals surface area (Å²) in [6.07, 6.45) is 0. The Morgan fingerprint density at radius 3 is 2.38 bits per heavy atom. The monoisotopic (exact) mass is 328 g/mol. The lowest BCUT2D eigenvalue weighted by Gasteiger charge is -2.16. The number of nitrogens with zero attached hydrogens (tertiary/aromatic N) is 1. The van der Waals surface area contributed by atoms with Crippen LogP contribution in [-0.2, 0) is 17.9 Å². The molecule has 2 aromatic rings. The van der Waals surface area contributed by atoms with Crippen LogP contribution in [0.4, 0.5) is 0 Å². The summed E-state index contributed by atoms with van der Waals surface area (Å²) in [5.41, 5.74) is 2.15. The lowest BCUT2D eigenvalue weighted by Crippen LogP contribution is -2.34. The Balaban J connectivity index is 1.78. The first-order valence-electron chi connectivity index (χ1n) is 7.82. The van der Waals surface area contributed by atoms with Crippen molar-refractivity contribution in [3.8, 4) is 11.5 Å². The number of ether oxygens (including phenoxy) is 2. The molecule has 0 heterocycles. The second-order valence-corrected chi connectivity index (χ2v) is 5.65. The molecule has 0 aliphatic heterocycles. The minimum atomic E-state index is -0.00571. The zero-order valence-electron chi connectivity index (χ0n) is 14.4. The summed E-state index contributed by atoms with van der Waals surface area (Å²) < 4.78 is 10.3. The van der Waals surface area contributed by atoms with Crippen molar-refractivity contribution in [1.82, 2.24) is 10.2 Å². The molecule has 0 atom stereocenters. The summed E-state index contributed by atoms with van der Waals surface area (Å²) in [7, 11) is 5.20. The lowest BCUT2D eigenvalue weighted by molar-refractivity contribution is -0.122. The summed E-state index contributed by atoms with van der Waals surface area (Å²) in [6.45, 7) is 1.54. The Kier molecular flexibility index (Phi) is 6.63. The van der Waals surface area contributed by atoms with Gasteiger partial charge in [-0.05, 0) is 42.4 Å². The normalized spacial score (nSPS) is 10.5. The number of methoxy groups -OCH3 is 2. The fourth-order valence-electron chi connectivity index (χ4n) is 2.38. The van der Waals surface area contributed by atoms with E-state index in [0.717, 1.165) is 22.6 Å². The first kappa shape index (κ1) is 17.8. The van der Waals surface area contributed by atoms with Crippen LogP contribution in [0, 0.1) is 0 Å². The van der Waals surface area contributed by atoms with E-state index in [2.05, 4.69) is 5.32 Å². The maximum atomic E-state index is 12.1. The molecule has 0 spiro atoms. The highest BCUT2D eigenvalue weighted by Crippen LogP contribution is 2.13. The van der Waals surface area contributed by atoms with Crippen LogP contribution in [0.5, 0.6) is 11.5 Å². The van der Waals surface area contributed by atoms with Gasteiger partial charge in [-0.2, -0.15) is 0 Å². The van der Waals surface area contributed by atoms with Crippen molar-refractivity contribution in [2.75, 3.05) is 27.8 Å². The van der Waals surface area contributed by atoms with Gasteiger partial charge >= 0.3 is 0 Å². The lowest BCUT2D eigenvalue weighted by atomic mass is 10.2. The minimum absolute atomic E-state index is 0.00571. The van der Waals surface area contributed by atoms with Gasteiger partial charge < -0.3 is 14.8 Å². The van der Waals surface area contributed by atoms with Crippen LogP contribution in [0.1, 0.15) is 11.1 Å². The Labute approximate surface area is 143 Å². The first-order chi connectivity index (χ1) is 11.6. The van der Waals surface area contributed by atoms with E-state index < -0.39 is 0 Å². The van der Waals surface area contributed by atoms with Crippen LogP contribution in [0.2, 0.25) is 0 Å². The van der Waals surface area contributed by atoms with Gasteiger partial charge in [-0.25, -0.2) is 0 Å². The fourth-order valence-corrected chi connectivity index (χ4v) is 2.38. The number of benzene rings is 2. The zero-order chi connectivity index (χ0) is 17.4. The maximum Gasteiger partial charge on any atom is 0.234 e. The second kappa shape index (κ2) is 8.93. The maximum absolute atomic E-state index is 12.1. The molecule has 0 aliphatic carbocycles. The van der Waals surface area contributed by atoms with E-state index >= 15 is 0 Å². The van der Waals surface area contributed by atoms with Gasteiger partial charge in [-0.3, -0.25) is 9.69 Å². The molecule has 0 fully saturated rings. The molecule has 2 aromatic carbocycles. The number of likely N-dealkylation sites (N-methyl/N-ethyl adjacent to an activating group) is 1. The molecule has 0 saturated heterocycles. The molecule has 0 bridgehead atoms. The topological polar surface area (TPSA) is 50.8 Å². The molecule has 128 valence electrons. The Morgan fingerprint density at radius 1 is 1.00 bits per heavy atom. The van der Waals surface area contributed by atoms with Gasteiger partial charge in [-0.15, -0.1) is 0 Å². The minimum Gasteiger partial charge on any atom is -0.497 e. The molecule has 0 unspecified atom stereocenters. The van der Waals surface area contributed by atoms with E-state index in [1.165, 1.54) is 0 Å². The first-order valence-corrected chi connectivity index (χ1v) is 7.82. The Hall–Kier alpha value is -2.53. The van der Waals surface area contributed by atoms with E-state index in [-0.39, 0.29) is 5.91 Å². The molecular formula is C19H24N2O3. The number of carbonyl (C=O) groups excluding carboxylic acids is 1. The SMILES string of the molecule is COc1ccc(CN(C)CC(=O)NCc2cccc(OC)c2)cc1. The quantitative estimate of drug-likeness (QED) is 0.809. The second-order valence-electron chi connectivity index (χ2n) is 5.65. The van der Waals surface area contributed by atoms with Crippen molar-refractivity contribution in [2.24, 2.45) is 0 Å². The van der Waals surface area contributed by atoms with E-state index in [9.17, 15) is 4.79 Å². The number of hydrogen-bond donors (Lipinski definition) is 1. The van der Waals surface area contributed by atoms with Crippen molar-refractivity contribution in [3.05, 3.63) is 59.7 Å². The molecule has 0 saturated carbocycles. The molecule has 0 radical (unpaired) electrons. The van der Waals surface area contributed by atoms with Gasteiger partial charge in [0.05, 0.1) is 20.8 Å². The Morgan fingerprint density at radius 2 is 1.71 bits per heavy atom. The number of carbonyl (C=O) groups is 1. The summed E-state index contributed by atoms with van der Waals surface area (Å²) in [6, 6.07) is 15.5.